The van der Waals surface area contributed by atoms with E-state index in [0.29, 0.717) is 0 Å². The Balaban J connectivity index is 2.30. The van der Waals surface area contributed by atoms with Crippen molar-refractivity contribution >= 4 is 11.8 Å². The number of hydrogen-bond acceptors (Lipinski definition) is 3. The van der Waals surface area contributed by atoms with E-state index in [-0.39, 0.29) is 18.1 Å². The Morgan fingerprint density at radius 1 is 1.57 bits per heavy atom. The van der Waals surface area contributed by atoms with Gasteiger partial charge in [0.05, 0.1) is 12.7 Å². The first-order chi connectivity index (χ1) is 6.75. The van der Waals surface area contributed by atoms with Crippen molar-refractivity contribution in [3.05, 3.63) is 0 Å². The highest BCUT2D eigenvalue weighted by Gasteiger charge is 2.40. The maximum Gasteiger partial charge on any atom is 0.0625 e. The van der Waals surface area contributed by atoms with Gasteiger partial charge in [0.25, 0.3) is 0 Å². The van der Waals surface area contributed by atoms with E-state index in [1.54, 1.807) is 0 Å². The third kappa shape index (κ3) is 2.88. The van der Waals surface area contributed by atoms with E-state index in [2.05, 4.69) is 13.8 Å². The molecule has 0 aliphatic carbocycles. The van der Waals surface area contributed by atoms with E-state index in [9.17, 15) is 5.11 Å². The van der Waals surface area contributed by atoms with Crippen molar-refractivity contribution in [3.8, 4) is 0 Å². The molecule has 1 aliphatic rings. The zero-order chi connectivity index (χ0) is 10.4. The molecule has 0 saturated carbocycles. The van der Waals surface area contributed by atoms with Gasteiger partial charge >= 0.3 is 0 Å². The summed E-state index contributed by atoms with van der Waals surface area (Å²) >= 11 is 1.98. The van der Waals surface area contributed by atoms with Gasteiger partial charge in [0, 0.05) is 12.0 Å². The Kier molecular flexibility index (Phi) is 5.28. The quantitative estimate of drug-likeness (QED) is 0.694. The Bertz CT molecular complexity index is 163. The van der Waals surface area contributed by atoms with E-state index in [1.165, 1.54) is 17.9 Å². The second kappa shape index (κ2) is 5.99. The zero-order valence-corrected chi connectivity index (χ0v) is 10.1. The number of thioether (sulfide) groups is 1. The first-order valence-electron chi connectivity index (χ1n) is 5.55. The van der Waals surface area contributed by atoms with Crippen molar-refractivity contribution in [3.63, 3.8) is 0 Å². The fourth-order valence-electron chi connectivity index (χ4n) is 2.10. The summed E-state index contributed by atoms with van der Waals surface area (Å²) in [6.07, 6.45) is 3.57. The minimum absolute atomic E-state index is 0.0638. The lowest BCUT2D eigenvalue weighted by Gasteiger charge is -2.29. The van der Waals surface area contributed by atoms with Crippen LogP contribution in [0.25, 0.3) is 0 Å². The topological polar surface area (TPSA) is 29.5 Å². The normalized spacial score (nSPS) is 32.4. The van der Waals surface area contributed by atoms with E-state index >= 15 is 0 Å². The van der Waals surface area contributed by atoms with Gasteiger partial charge in [-0.1, -0.05) is 6.92 Å². The minimum Gasteiger partial charge on any atom is -0.396 e. The monoisotopic (exact) mass is 218 g/mol. The lowest BCUT2D eigenvalue weighted by atomic mass is 9.78. The van der Waals surface area contributed by atoms with Crippen LogP contribution < -0.4 is 0 Å². The maximum absolute atomic E-state index is 9.46. The van der Waals surface area contributed by atoms with E-state index in [1.807, 2.05) is 11.8 Å². The van der Waals surface area contributed by atoms with Gasteiger partial charge in [0.1, 0.15) is 0 Å². The van der Waals surface area contributed by atoms with Gasteiger partial charge in [-0.25, -0.2) is 0 Å². The Morgan fingerprint density at radius 3 is 2.86 bits per heavy atom. The van der Waals surface area contributed by atoms with Crippen molar-refractivity contribution in [2.24, 2.45) is 5.41 Å². The summed E-state index contributed by atoms with van der Waals surface area (Å²) in [5.74, 6) is 2.41. The van der Waals surface area contributed by atoms with Crippen LogP contribution in [0.2, 0.25) is 0 Å². The molecule has 1 rings (SSSR count). The van der Waals surface area contributed by atoms with Gasteiger partial charge < -0.3 is 9.84 Å². The van der Waals surface area contributed by atoms with Gasteiger partial charge in [-0.2, -0.15) is 11.8 Å². The molecule has 1 saturated heterocycles. The molecule has 14 heavy (non-hydrogen) atoms. The van der Waals surface area contributed by atoms with Crippen molar-refractivity contribution in [1.29, 1.82) is 0 Å². The third-order valence-electron chi connectivity index (χ3n) is 3.31. The molecule has 84 valence electrons. The summed E-state index contributed by atoms with van der Waals surface area (Å²) in [5, 5.41) is 9.46. The first kappa shape index (κ1) is 12.3. The molecule has 1 heterocycles. The maximum atomic E-state index is 9.46. The largest absolute Gasteiger partial charge is 0.396 e. The number of hydrogen-bond donors (Lipinski definition) is 1. The Morgan fingerprint density at radius 2 is 2.36 bits per heavy atom. The molecule has 1 N–H and O–H groups in total. The van der Waals surface area contributed by atoms with Crippen molar-refractivity contribution < 1.29 is 9.84 Å². The van der Waals surface area contributed by atoms with Crippen LogP contribution in [0, 0.1) is 5.41 Å². The second-order valence-electron chi connectivity index (χ2n) is 4.08. The molecule has 0 spiro atoms. The summed E-state index contributed by atoms with van der Waals surface area (Å²) in [5.41, 5.74) is 0.0638. The molecule has 2 unspecified atom stereocenters. The average Bonchev–Trinajstić information content (AvgIpc) is 2.56. The zero-order valence-electron chi connectivity index (χ0n) is 9.29. The fourth-order valence-corrected chi connectivity index (χ4v) is 2.74. The summed E-state index contributed by atoms with van der Waals surface area (Å²) in [4.78, 5) is 0. The lowest BCUT2D eigenvalue weighted by Crippen LogP contribution is -2.32. The number of ether oxygens (including phenoxy) is 1. The van der Waals surface area contributed by atoms with Crippen molar-refractivity contribution in [2.45, 2.75) is 39.2 Å². The molecule has 1 fully saturated rings. The molecule has 2 atom stereocenters. The highest BCUT2D eigenvalue weighted by molar-refractivity contribution is 7.99. The standard InChI is InChI=1S/C11H22O2S/c1-3-14-8-4-5-11(9-12)6-7-13-10(11)2/h10,12H,3-9H2,1-2H3. The van der Waals surface area contributed by atoms with E-state index < -0.39 is 0 Å². The highest BCUT2D eigenvalue weighted by Crippen LogP contribution is 2.38. The average molecular weight is 218 g/mol. The van der Waals surface area contributed by atoms with Crippen LogP contribution in [0.15, 0.2) is 0 Å². The fraction of sp³-hybridized carbons (Fsp3) is 1.00. The minimum atomic E-state index is 0.0638. The molecular formula is C11H22O2S. The summed E-state index contributed by atoms with van der Waals surface area (Å²) < 4.78 is 5.55. The SMILES string of the molecule is CCSCCCC1(CO)CCOC1C. The lowest BCUT2D eigenvalue weighted by molar-refractivity contribution is 0.0215. The molecule has 0 radical (unpaired) electrons. The van der Waals surface area contributed by atoms with Crippen molar-refractivity contribution in [2.75, 3.05) is 24.7 Å². The Labute approximate surface area is 91.4 Å². The molecule has 0 bridgehead atoms. The van der Waals surface area contributed by atoms with Crippen LogP contribution in [0.5, 0.6) is 0 Å². The predicted molar refractivity (Wildman–Crippen MR) is 61.8 cm³/mol. The van der Waals surface area contributed by atoms with Crippen LogP contribution in [0.3, 0.4) is 0 Å². The summed E-state index contributed by atoms with van der Waals surface area (Å²) in [7, 11) is 0. The summed E-state index contributed by atoms with van der Waals surface area (Å²) in [6, 6.07) is 0. The molecular weight excluding hydrogens is 196 g/mol. The van der Waals surface area contributed by atoms with Crippen molar-refractivity contribution in [1.82, 2.24) is 0 Å². The molecule has 2 nitrogen and oxygen atoms in total. The third-order valence-corrected chi connectivity index (χ3v) is 4.30. The summed E-state index contributed by atoms with van der Waals surface area (Å²) in [6.45, 7) is 5.39. The van der Waals surface area contributed by atoms with Crippen LogP contribution in [0.4, 0.5) is 0 Å². The van der Waals surface area contributed by atoms with E-state index in [0.717, 1.165) is 19.4 Å². The van der Waals surface area contributed by atoms with E-state index in [4.69, 9.17) is 4.74 Å². The van der Waals surface area contributed by atoms with Crippen LogP contribution >= 0.6 is 11.8 Å². The number of aliphatic hydroxyl groups excluding tert-OH is 1. The van der Waals surface area contributed by atoms with Crippen LogP contribution in [-0.4, -0.2) is 35.9 Å². The molecule has 0 aromatic heterocycles. The molecule has 0 amide bonds. The van der Waals surface area contributed by atoms with Gasteiger partial charge in [-0.05, 0) is 37.7 Å². The molecule has 1 aliphatic heterocycles. The van der Waals surface area contributed by atoms with Crippen LogP contribution in [-0.2, 0) is 4.74 Å². The predicted octanol–water partition coefficient (Wildman–Crippen LogP) is 2.31. The first-order valence-corrected chi connectivity index (χ1v) is 6.71. The van der Waals surface area contributed by atoms with Gasteiger partial charge in [-0.3, -0.25) is 0 Å². The molecule has 3 heteroatoms. The van der Waals surface area contributed by atoms with Gasteiger partial charge in [0.15, 0.2) is 0 Å². The Hall–Kier alpha value is 0.270. The van der Waals surface area contributed by atoms with Gasteiger partial charge in [0.2, 0.25) is 0 Å². The van der Waals surface area contributed by atoms with Gasteiger partial charge in [-0.15, -0.1) is 0 Å². The number of rotatable bonds is 6. The smallest absolute Gasteiger partial charge is 0.0625 e. The molecule has 0 aromatic rings. The number of aliphatic hydroxyl groups is 1. The highest BCUT2D eigenvalue weighted by atomic mass is 32.2. The molecule has 0 aromatic carbocycles. The van der Waals surface area contributed by atoms with Crippen LogP contribution in [0.1, 0.15) is 33.1 Å². The second-order valence-corrected chi connectivity index (χ2v) is 5.48.